The van der Waals surface area contributed by atoms with Crippen LogP contribution in [0.1, 0.15) is 22.3 Å². The maximum atomic E-state index is 11.0. The molecule has 74 valence electrons. The Balaban J connectivity index is 2.90. The Bertz CT molecular complexity index is 347. The lowest BCUT2D eigenvalue weighted by molar-refractivity contribution is 0.1000. The van der Waals surface area contributed by atoms with E-state index in [-0.39, 0.29) is 0 Å². The zero-order chi connectivity index (χ0) is 10.4. The number of nitrogens with two attached hydrogens (primary N) is 1. The molecule has 0 fully saturated rings. The molecule has 0 spiro atoms. The van der Waals surface area contributed by atoms with Crippen LogP contribution in [0.5, 0.6) is 0 Å². The lowest BCUT2D eigenvalue weighted by Crippen LogP contribution is -2.12. The molecule has 0 saturated heterocycles. The van der Waals surface area contributed by atoms with Crippen molar-refractivity contribution in [2.45, 2.75) is 6.42 Å². The molecule has 0 unspecified atom stereocenters. The average Bonchev–Trinajstić information content (AvgIpc) is 2.19. The number of hydrogen-bond donors (Lipinski definition) is 1. The van der Waals surface area contributed by atoms with Gasteiger partial charge in [-0.05, 0) is 18.1 Å². The van der Waals surface area contributed by atoms with E-state index < -0.39 is 5.91 Å². The van der Waals surface area contributed by atoms with E-state index in [9.17, 15) is 4.79 Å². The molecule has 0 aromatic heterocycles. The van der Waals surface area contributed by atoms with E-state index in [1.54, 1.807) is 12.1 Å². The smallest absolute Gasteiger partial charge is 0.249 e. The molecule has 1 rings (SSSR count). The Labute approximate surface area is 88.4 Å². The minimum absolute atomic E-state index is 0.406. The van der Waals surface area contributed by atoms with Crippen molar-refractivity contribution in [2.24, 2.45) is 5.73 Å². The quantitative estimate of drug-likeness (QED) is 0.761. The van der Waals surface area contributed by atoms with Gasteiger partial charge in [0, 0.05) is 11.4 Å². The molecule has 0 aliphatic rings. The lowest BCUT2D eigenvalue weighted by Gasteiger charge is -2.00. The number of alkyl halides is 1. The lowest BCUT2D eigenvalue weighted by atomic mass is 10.1. The van der Waals surface area contributed by atoms with Crippen molar-refractivity contribution in [3.05, 3.63) is 41.5 Å². The van der Waals surface area contributed by atoms with Crippen LogP contribution in [0.4, 0.5) is 0 Å². The number of carbonyl (C=O) groups is 1. The number of amides is 1. The molecule has 14 heavy (non-hydrogen) atoms. The standard InChI is InChI=1S/C11H12ClNO/c12-8-4-3-6-9-5-1-2-7-10(9)11(13)14/h1-3,5-7H,4,8H2,(H2,13,14). The first-order valence-electron chi connectivity index (χ1n) is 4.37. The van der Waals surface area contributed by atoms with E-state index in [0.29, 0.717) is 11.4 Å². The maximum Gasteiger partial charge on any atom is 0.249 e. The van der Waals surface area contributed by atoms with Crippen molar-refractivity contribution >= 4 is 23.6 Å². The largest absolute Gasteiger partial charge is 0.366 e. The predicted octanol–water partition coefficient (Wildman–Crippen LogP) is 2.43. The molecule has 0 aliphatic carbocycles. The molecule has 1 amide bonds. The molecule has 0 saturated carbocycles. The highest BCUT2D eigenvalue weighted by molar-refractivity contribution is 6.17. The third-order valence-corrected chi connectivity index (χ3v) is 2.02. The normalized spacial score (nSPS) is 10.6. The summed E-state index contributed by atoms with van der Waals surface area (Å²) in [6.45, 7) is 0. The van der Waals surface area contributed by atoms with E-state index in [1.165, 1.54) is 0 Å². The van der Waals surface area contributed by atoms with Gasteiger partial charge in [0.15, 0.2) is 0 Å². The van der Waals surface area contributed by atoms with Crippen LogP contribution in [0.3, 0.4) is 0 Å². The molecule has 0 heterocycles. The van der Waals surface area contributed by atoms with Crippen molar-refractivity contribution in [2.75, 3.05) is 5.88 Å². The van der Waals surface area contributed by atoms with Gasteiger partial charge in [0.25, 0.3) is 0 Å². The van der Waals surface area contributed by atoms with Gasteiger partial charge in [0.1, 0.15) is 0 Å². The van der Waals surface area contributed by atoms with Crippen LogP contribution in [0, 0.1) is 0 Å². The molecule has 1 aromatic rings. The molecule has 0 radical (unpaired) electrons. The summed E-state index contributed by atoms with van der Waals surface area (Å²) >= 11 is 5.53. The summed E-state index contributed by atoms with van der Waals surface area (Å²) in [5, 5.41) is 0. The highest BCUT2D eigenvalue weighted by atomic mass is 35.5. The molecule has 0 bridgehead atoms. The SMILES string of the molecule is NC(=O)c1ccccc1C=CCCCl. The summed E-state index contributed by atoms with van der Waals surface area (Å²) in [6.07, 6.45) is 4.58. The number of primary amides is 1. The summed E-state index contributed by atoms with van der Waals surface area (Å²) in [4.78, 5) is 11.0. The molecule has 2 nitrogen and oxygen atoms in total. The van der Waals surface area contributed by atoms with Gasteiger partial charge in [0.05, 0.1) is 0 Å². The Kier molecular flexibility index (Phi) is 4.20. The second-order valence-corrected chi connectivity index (χ2v) is 3.21. The van der Waals surface area contributed by atoms with Gasteiger partial charge in [-0.2, -0.15) is 0 Å². The average molecular weight is 210 g/mol. The van der Waals surface area contributed by atoms with Crippen LogP contribution in [-0.2, 0) is 0 Å². The Hall–Kier alpha value is -1.28. The topological polar surface area (TPSA) is 43.1 Å². The number of hydrogen-bond acceptors (Lipinski definition) is 1. The van der Waals surface area contributed by atoms with Gasteiger partial charge in [0.2, 0.25) is 5.91 Å². The monoisotopic (exact) mass is 209 g/mol. The van der Waals surface area contributed by atoms with Crippen LogP contribution in [0.25, 0.3) is 6.08 Å². The molecule has 0 atom stereocenters. The Morgan fingerprint density at radius 1 is 1.43 bits per heavy atom. The van der Waals surface area contributed by atoms with Gasteiger partial charge in [-0.25, -0.2) is 0 Å². The number of benzene rings is 1. The van der Waals surface area contributed by atoms with Crippen molar-refractivity contribution in [3.8, 4) is 0 Å². The van der Waals surface area contributed by atoms with Crippen LogP contribution in [0.15, 0.2) is 30.3 Å². The third kappa shape index (κ3) is 2.89. The van der Waals surface area contributed by atoms with Crippen molar-refractivity contribution in [3.63, 3.8) is 0 Å². The molecule has 3 heteroatoms. The zero-order valence-electron chi connectivity index (χ0n) is 7.74. The Morgan fingerprint density at radius 3 is 2.79 bits per heavy atom. The first-order chi connectivity index (χ1) is 6.75. The van der Waals surface area contributed by atoms with Gasteiger partial charge in [-0.3, -0.25) is 4.79 Å². The summed E-state index contributed by atoms with van der Waals surface area (Å²) in [5.41, 5.74) is 6.60. The van der Waals surface area contributed by atoms with Crippen molar-refractivity contribution in [1.29, 1.82) is 0 Å². The summed E-state index contributed by atoms with van der Waals surface area (Å²) in [7, 11) is 0. The van der Waals surface area contributed by atoms with E-state index in [0.717, 1.165) is 12.0 Å². The summed E-state index contributed by atoms with van der Waals surface area (Å²) in [6, 6.07) is 7.22. The van der Waals surface area contributed by atoms with Crippen LogP contribution in [0.2, 0.25) is 0 Å². The summed E-state index contributed by atoms with van der Waals surface area (Å²) < 4.78 is 0. The number of rotatable bonds is 4. The van der Waals surface area contributed by atoms with Gasteiger partial charge in [-0.15, -0.1) is 11.6 Å². The second-order valence-electron chi connectivity index (χ2n) is 2.83. The van der Waals surface area contributed by atoms with Gasteiger partial charge in [-0.1, -0.05) is 30.4 Å². The first kappa shape index (κ1) is 10.8. The minimum Gasteiger partial charge on any atom is -0.366 e. The highest BCUT2D eigenvalue weighted by Gasteiger charge is 2.02. The zero-order valence-corrected chi connectivity index (χ0v) is 8.50. The molecule has 0 aliphatic heterocycles. The number of halogens is 1. The molecular weight excluding hydrogens is 198 g/mol. The van der Waals surface area contributed by atoms with Crippen LogP contribution in [-0.4, -0.2) is 11.8 Å². The highest BCUT2D eigenvalue weighted by Crippen LogP contribution is 2.10. The van der Waals surface area contributed by atoms with Gasteiger partial charge >= 0.3 is 0 Å². The second kappa shape index (κ2) is 5.45. The van der Waals surface area contributed by atoms with E-state index in [1.807, 2.05) is 24.3 Å². The van der Waals surface area contributed by atoms with Crippen LogP contribution < -0.4 is 5.73 Å². The first-order valence-corrected chi connectivity index (χ1v) is 4.90. The van der Waals surface area contributed by atoms with E-state index >= 15 is 0 Å². The Morgan fingerprint density at radius 2 is 2.14 bits per heavy atom. The van der Waals surface area contributed by atoms with E-state index in [2.05, 4.69) is 0 Å². The number of allylic oxidation sites excluding steroid dienone is 1. The summed E-state index contributed by atoms with van der Waals surface area (Å²) in [5.74, 6) is 0.172. The fraction of sp³-hybridized carbons (Fsp3) is 0.182. The van der Waals surface area contributed by atoms with Gasteiger partial charge < -0.3 is 5.73 Å². The minimum atomic E-state index is -0.406. The third-order valence-electron chi connectivity index (χ3n) is 1.80. The molecule has 1 aromatic carbocycles. The van der Waals surface area contributed by atoms with Crippen LogP contribution >= 0.6 is 11.6 Å². The fourth-order valence-electron chi connectivity index (χ4n) is 1.14. The molecule has 2 N–H and O–H groups in total. The maximum absolute atomic E-state index is 11.0. The van der Waals surface area contributed by atoms with E-state index in [4.69, 9.17) is 17.3 Å². The fourth-order valence-corrected chi connectivity index (χ4v) is 1.27. The van der Waals surface area contributed by atoms with Crippen molar-refractivity contribution in [1.82, 2.24) is 0 Å². The number of carbonyl (C=O) groups excluding carboxylic acids is 1. The molecular formula is C11H12ClNO. The van der Waals surface area contributed by atoms with Crippen molar-refractivity contribution < 1.29 is 4.79 Å². The predicted molar refractivity (Wildman–Crippen MR) is 59.3 cm³/mol.